The Morgan fingerprint density at radius 2 is 1.93 bits per heavy atom. The third kappa shape index (κ3) is 5.35. The Bertz CT molecular complexity index is 820. The lowest BCUT2D eigenvalue weighted by Crippen LogP contribution is -2.42. The summed E-state index contributed by atoms with van der Waals surface area (Å²) in [7, 11) is 0. The molecule has 148 valence electrons. The Labute approximate surface area is 166 Å². The van der Waals surface area contributed by atoms with Gasteiger partial charge in [0.15, 0.2) is 0 Å². The van der Waals surface area contributed by atoms with Gasteiger partial charge >= 0.3 is 0 Å². The lowest BCUT2D eigenvalue weighted by molar-refractivity contribution is -0.125. The minimum atomic E-state index is -0.0767. The van der Waals surface area contributed by atoms with Gasteiger partial charge in [0, 0.05) is 19.4 Å². The van der Waals surface area contributed by atoms with Gasteiger partial charge in [-0.25, -0.2) is 0 Å². The van der Waals surface area contributed by atoms with Gasteiger partial charge in [0.1, 0.15) is 11.9 Å². The van der Waals surface area contributed by atoms with E-state index in [4.69, 9.17) is 4.74 Å². The Morgan fingerprint density at radius 3 is 2.71 bits per heavy atom. The lowest BCUT2D eigenvalue weighted by atomic mass is 10.1. The zero-order valence-corrected chi connectivity index (χ0v) is 16.6. The van der Waals surface area contributed by atoms with Crippen LogP contribution in [0.1, 0.15) is 37.3 Å². The van der Waals surface area contributed by atoms with Crippen LogP contribution in [0.25, 0.3) is 0 Å². The van der Waals surface area contributed by atoms with Crippen molar-refractivity contribution < 1.29 is 14.3 Å². The van der Waals surface area contributed by atoms with E-state index < -0.39 is 0 Å². The third-order valence-corrected chi connectivity index (χ3v) is 4.85. The second-order valence-electron chi connectivity index (χ2n) is 7.34. The van der Waals surface area contributed by atoms with Gasteiger partial charge in [-0.15, -0.1) is 0 Å². The summed E-state index contributed by atoms with van der Waals surface area (Å²) in [5.74, 6) is 0.608. The van der Waals surface area contributed by atoms with Crippen LogP contribution in [-0.4, -0.2) is 31.0 Å². The zero-order chi connectivity index (χ0) is 19.9. The van der Waals surface area contributed by atoms with Gasteiger partial charge in [-0.3, -0.25) is 9.59 Å². The fourth-order valence-corrected chi connectivity index (χ4v) is 3.39. The van der Waals surface area contributed by atoms with Crippen LogP contribution in [0.4, 0.5) is 5.69 Å². The second-order valence-corrected chi connectivity index (χ2v) is 7.34. The topological polar surface area (TPSA) is 58.6 Å². The van der Waals surface area contributed by atoms with Gasteiger partial charge in [0.25, 0.3) is 0 Å². The Morgan fingerprint density at radius 1 is 1.14 bits per heavy atom. The zero-order valence-electron chi connectivity index (χ0n) is 16.6. The first-order valence-corrected chi connectivity index (χ1v) is 9.91. The second kappa shape index (κ2) is 9.40. The summed E-state index contributed by atoms with van der Waals surface area (Å²) in [5.41, 5.74) is 3.14. The number of ether oxygens (including phenoxy) is 1. The van der Waals surface area contributed by atoms with Crippen molar-refractivity contribution in [2.24, 2.45) is 0 Å². The van der Waals surface area contributed by atoms with Crippen LogP contribution < -0.4 is 15.0 Å². The molecule has 2 amide bonds. The van der Waals surface area contributed by atoms with E-state index in [1.165, 1.54) is 5.56 Å². The van der Waals surface area contributed by atoms with Crippen molar-refractivity contribution in [2.75, 3.05) is 18.0 Å². The molecule has 1 aliphatic rings. The van der Waals surface area contributed by atoms with Crippen molar-refractivity contribution >= 4 is 17.5 Å². The Hall–Kier alpha value is -2.82. The van der Waals surface area contributed by atoms with Gasteiger partial charge in [-0.05, 0) is 49.9 Å². The molecular weight excluding hydrogens is 352 g/mol. The molecule has 0 saturated carbocycles. The Balaban J connectivity index is 1.45. The maximum absolute atomic E-state index is 12.7. The van der Waals surface area contributed by atoms with Crippen molar-refractivity contribution in [1.29, 1.82) is 0 Å². The molecule has 1 N–H and O–H groups in total. The van der Waals surface area contributed by atoms with E-state index in [1.54, 1.807) is 4.90 Å². The van der Waals surface area contributed by atoms with Gasteiger partial charge in [0.2, 0.25) is 11.8 Å². The highest BCUT2D eigenvalue weighted by molar-refractivity contribution is 5.97. The minimum Gasteiger partial charge on any atom is -0.487 e. The summed E-state index contributed by atoms with van der Waals surface area (Å²) < 4.78 is 5.82. The van der Waals surface area contributed by atoms with Crippen LogP contribution in [0.15, 0.2) is 48.5 Å². The van der Waals surface area contributed by atoms with E-state index in [9.17, 15) is 9.59 Å². The van der Waals surface area contributed by atoms with Crippen LogP contribution in [0.5, 0.6) is 5.75 Å². The van der Waals surface area contributed by atoms with Crippen LogP contribution >= 0.6 is 0 Å². The SMILES string of the molecule is Cc1ccc2c(c1)N(C(=O)CCC(=O)NCCCc1ccccc1)C[C@@H](C)O2. The predicted octanol–water partition coefficient (Wildman–Crippen LogP) is 3.64. The number of hydrogen-bond acceptors (Lipinski definition) is 3. The van der Waals surface area contributed by atoms with E-state index in [0.717, 1.165) is 29.8 Å². The van der Waals surface area contributed by atoms with E-state index in [2.05, 4.69) is 17.4 Å². The van der Waals surface area contributed by atoms with Gasteiger partial charge in [-0.1, -0.05) is 36.4 Å². The molecule has 0 aromatic heterocycles. The van der Waals surface area contributed by atoms with Crippen molar-refractivity contribution in [3.05, 3.63) is 59.7 Å². The Kier molecular flexibility index (Phi) is 6.69. The first-order valence-electron chi connectivity index (χ1n) is 9.91. The summed E-state index contributed by atoms with van der Waals surface area (Å²) in [6.07, 6.45) is 2.16. The fourth-order valence-electron chi connectivity index (χ4n) is 3.39. The van der Waals surface area contributed by atoms with Crippen LogP contribution in [0.3, 0.4) is 0 Å². The van der Waals surface area contributed by atoms with E-state index >= 15 is 0 Å². The molecule has 0 unspecified atom stereocenters. The summed E-state index contributed by atoms with van der Waals surface area (Å²) in [5, 5.41) is 2.91. The number of nitrogens with zero attached hydrogens (tertiary/aromatic N) is 1. The van der Waals surface area contributed by atoms with E-state index in [1.807, 2.05) is 50.2 Å². The van der Waals surface area contributed by atoms with Crippen molar-refractivity contribution in [2.45, 2.75) is 45.6 Å². The maximum atomic E-state index is 12.7. The third-order valence-electron chi connectivity index (χ3n) is 4.85. The molecule has 0 spiro atoms. The van der Waals surface area contributed by atoms with Gasteiger partial charge < -0.3 is 15.0 Å². The average molecular weight is 380 g/mol. The summed E-state index contributed by atoms with van der Waals surface area (Å²) in [4.78, 5) is 26.6. The normalized spacial score (nSPS) is 15.5. The number of nitrogens with one attached hydrogen (secondary N) is 1. The van der Waals surface area contributed by atoms with Gasteiger partial charge in [0.05, 0.1) is 12.2 Å². The average Bonchev–Trinajstić information content (AvgIpc) is 2.70. The summed E-state index contributed by atoms with van der Waals surface area (Å²) in [6, 6.07) is 16.0. The van der Waals surface area contributed by atoms with Crippen LogP contribution in [0, 0.1) is 6.92 Å². The highest BCUT2D eigenvalue weighted by atomic mass is 16.5. The quantitative estimate of drug-likeness (QED) is 0.746. The summed E-state index contributed by atoms with van der Waals surface area (Å²) >= 11 is 0. The molecule has 0 fully saturated rings. The standard InChI is InChI=1S/C23H28N2O3/c1-17-10-11-21-20(15-17)25(16-18(2)28-21)23(27)13-12-22(26)24-14-6-9-19-7-4-3-5-8-19/h3-5,7-8,10-11,15,18H,6,9,12-14,16H2,1-2H3,(H,24,26)/t18-/m1/s1. The van der Waals surface area contributed by atoms with E-state index in [0.29, 0.717) is 13.1 Å². The molecule has 28 heavy (non-hydrogen) atoms. The number of carbonyl (C=O) groups is 2. The molecule has 3 rings (SSSR count). The number of amides is 2. The van der Waals surface area contributed by atoms with Crippen LogP contribution in [-0.2, 0) is 16.0 Å². The number of hydrogen-bond donors (Lipinski definition) is 1. The number of carbonyl (C=O) groups excluding carboxylic acids is 2. The molecule has 1 heterocycles. The van der Waals surface area contributed by atoms with Crippen LogP contribution in [0.2, 0.25) is 0 Å². The number of benzene rings is 2. The van der Waals surface area contributed by atoms with Crippen molar-refractivity contribution in [3.8, 4) is 5.75 Å². The molecular formula is C23H28N2O3. The molecule has 5 nitrogen and oxygen atoms in total. The van der Waals surface area contributed by atoms with E-state index in [-0.39, 0.29) is 30.8 Å². The minimum absolute atomic E-state index is 0.0403. The molecule has 0 radical (unpaired) electrons. The predicted molar refractivity (Wildman–Crippen MR) is 111 cm³/mol. The van der Waals surface area contributed by atoms with Crippen molar-refractivity contribution in [3.63, 3.8) is 0 Å². The number of fused-ring (bicyclic) bond motifs is 1. The highest BCUT2D eigenvalue weighted by Gasteiger charge is 2.27. The first-order chi connectivity index (χ1) is 13.5. The largest absolute Gasteiger partial charge is 0.487 e. The van der Waals surface area contributed by atoms with Crippen molar-refractivity contribution in [1.82, 2.24) is 5.32 Å². The molecule has 1 atom stereocenters. The maximum Gasteiger partial charge on any atom is 0.227 e. The molecule has 0 saturated heterocycles. The lowest BCUT2D eigenvalue weighted by Gasteiger charge is -2.33. The molecule has 5 heteroatoms. The highest BCUT2D eigenvalue weighted by Crippen LogP contribution is 2.34. The van der Waals surface area contributed by atoms with Gasteiger partial charge in [-0.2, -0.15) is 0 Å². The molecule has 0 bridgehead atoms. The number of anilines is 1. The molecule has 2 aromatic rings. The monoisotopic (exact) mass is 380 g/mol. The first kappa shape index (κ1) is 19.9. The fraction of sp³-hybridized carbons (Fsp3) is 0.391. The molecule has 2 aromatic carbocycles. The number of rotatable bonds is 7. The molecule has 0 aliphatic carbocycles. The smallest absolute Gasteiger partial charge is 0.227 e. The summed E-state index contributed by atoms with van der Waals surface area (Å²) in [6.45, 7) is 5.07. The molecule has 1 aliphatic heterocycles. The number of aryl methyl sites for hydroxylation is 2.